The number of nitrogens with zero attached hydrogens (tertiary/aromatic N) is 1. The second-order valence-electron chi connectivity index (χ2n) is 7.13. The lowest BCUT2D eigenvalue weighted by molar-refractivity contribution is 0.177. The third-order valence-corrected chi connectivity index (χ3v) is 5.06. The quantitative estimate of drug-likeness (QED) is 0.790. The molecule has 1 aromatic carbocycles. The molecule has 0 radical (unpaired) electrons. The fourth-order valence-corrected chi connectivity index (χ4v) is 3.84. The number of nitrogens with one attached hydrogen (secondary N) is 1. The van der Waals surface area contributed by atoms with Gasteiger partial charge in [-0.05, 0) is 54.9 Å². The molecule has 1 fully saturated rings. The van der Waals surface area contributed by atoms with E-state index in [2.05, 4.69) is 43.2 Å². The van der Waals surface area contributed by atoms with Crippen LogP contribution >= 0.6 is 11.6 Å². The zero-order valence-electron chi connectivity index (χ0n) is 13.0. The average Bonchev–Trinajstić information content (AvgIpc) is 2.44. The Hall–Kier alpha value is -1.28. The molecular weight excluding hydrogens is 280 g/mol. The van der Waals surface area contributed by atoms with E-state index >= 15 is 0 Å². The predicted octanol–water partition coefficient (Wildman–Crippen LogP) is 5.51. The second-order valence-corrected chi connectivity index (χ2v) is 7.54. The summed E-state index contributed by atoms with van der Waals surface area (Å²) in [5.74, 6) is 0.677. The molecule has 1 N–H and O–H groups in total. The van der Waals surface area contributed by atoms with E-state index in [4.69, 9.17) is 11.6 Å². The fraction of sp³-hybridized carbons (Fsp3) is 0.500. The van der Waals surface area contributed by atoms with Crippen molar-refractivity contribution in [3.8, 4) is 0 Å². The fourth-order valence-electron chi connectivity index (χ4n) is 3.62. The van der Waals surface area contributed by atoms with Gasteiger partial charge in [-0.15, -0.1) is 0 Å². The van der Waals surface area contributed by atoms with Crippen LogP contribution in [0.15, 0.2) is 30.5 Å². The van der Waals surface area contributed by atoms with Gasteiger partial charge in [-0.2, -0.15) is 0 Å². The molecule has 1 aliphatic carbocycles. The topological polar surface area (TPSA) is 24.9 Å². The summed E-state index contributed by atoms with van der Waals surface area (Å²) in [6.45, 7) is 7.11. The van der Waals surface area contributed by atoms with E-state index in [9.17, 15) is 0 Å². The molecular formula is C18H23ClN2. The minimum atomic E-state index is 0.473. The molecule has 0 saturated heterocycles. The third kappa shape index (κ3) is 3.01. The number of pyridine rings is 1. The molecule has 112 valence electrons. The van der Waals surface area contributed by atoms with Crippen molar-refractivity contribution in [2.75, 3.05) is 5.32 Å². The van der Waals surface area contributed by atoms with Gasteiger partial charge in [0.25, 0.3) is 0 Å². The smallest absolute Gasteiger partial charge is 0.0908 e. The van der Waals surface area contributed by atoms with Crippen LogP contribution in [0.5, 0.6) is 0 Å². The molecule has 0 spiro atoms. The number of halogens is 1. The highest BCUT2D eigenvalue weighted by Gasteiger charge is 2.32. The first-order chi connectivity index (χ1) is 9.96. The molecule has 21 heavy (non-hydrogen) atoms. The summed E-state index contributed by atoms with van der Waals surface area (Å²) in [6, 6.07) is 8.61. The van der Waals surface area contributed by atoms with E-state index < -0.39 is 0 Å². The Balaban J connectivity index is 1.87. The lowest BCUT2D eigenvalue weighted by atomic mass is 9.70. The summed E-state index contributed by atoms with van der Waals surface area (Å²) >= 11 is 6.25. The second kappa shape index (κ2) is 5.49. The lowest BCUT2D eigenvalue weighted by Gasteiger charge is -2.40. The van der Waals surface area contributed by atoms with Crippen molar-refractivity contribution >= 4 is 28.2 Å². The first-order valence-electron chi connectivity index (χ1n) is 7.76. The van der Waals surface area contributed by atoms with Crippen molar-refractivity contribution in [3.05, 3.63) is 35.5 Å². The van der Waals surface area contributed by atoms with Gasteiger partial charge in [-0.25, -0.2) is 0 Å². The van der Waals surface area contributed by atoms with Crippen LogP contribution in [0.4, 0.5) is 5.69 Å². The van der Waals surface area contributed by atoms with Gasteiger partial charge >= 0.3 is 0 Å². The number of hydrogen-bond acceptors (Lipinski definition) is 2. The van der Waals surface area contributed by atoms with Crippen LogP contribution in [-0.4, -0.2) is 11.0 Å². The van der Waals surface area contributed by atoms with E-state index in [-0.39, 0.29) is 0 Å². The summed E-state index contributed by atoms with van der Waals surface area (Å²) in [5.41, 5.74) is 2.51. The van der Waals surface area contributed by atoms with Crippen LogP contribution < -0.4 is 5.32 Å². The Morgan fingerprint density at radius 1 is 1.29 bits per heavy atom. The van der Waals surface area contributed by atoms with E-state index in [1.807, 2.05) is 12.1 Å². The van der Waals surface area contributed by atoms with Crippen molar-refractivity contribution < 1.29 is 0 Å². The van der Waals surface area contributed by atoms with Crippen molar-refractivity contribution in [2.24, 2.45) is 11.3 Å². The maximum atomic E-state index is 6.25. The highest BCUT2D eigenvalue weighted by Crippen LogP contribution is 2.40. The van der Waals surface area contributed by atoms with E-state index in [0.717, 1.165) is 16.6 Å². The van der Waals surface area contributed by atoms with Crippen LogP contribution in [0.2, 0.25) is 5.02 Å². The molecule has 3 rings (SSSR count). The monoisotopic (exact) mass is 302 g/mol. The number of rotatable bonds is 2. The first kappa shape index (κ1) is 14.6. The van der Waals surface area contributed by atoms with E-state index in [1.165, 1.54) is 19.3 Å². The molecule has 2 nitrogen and oxygen atoms in total. The SMILES string of the molecule is CC1CC(C)(C)CCC1Nc1ccc(Cl)c2ncccc12. The van der Waals surface area contributed by atoms with Crippen LogP contribution in [0.1, 0.15) is 40.0 Å². The minimum absolute atomic E-state index is 0.473. The highest BCUT2D eigenvalue weighted by atomic mass is 35.5. The number of benzene rings is 1. The summed E-state index contributed by atoms with van der Waals surface area (Å²) < 4.78 is 0. The molecule has 0 bridgehead atoms. The number of anilines is 1. The van der Waals surface area contributed by atoms with Gasteiger partial charge < -0.3 is 5.32 Å². The van der Waals surface area contributed by atoms with Crippen molar-refractivity contribution in [2.45, 2.75) is 46.1 Å². The molecule has 2 aromatic rings. The third-order valence-electron chi connectivity index (χ3n) is 4.75. The maximum Gasteiger partial charge on any atom is 0.0908 e. The molecule has 0 aliphatic heterocycles. The summed E-state index contributed by atoms with van der Waals surface area (Å²) in [4.78, 5) is 4.40. The number of aromatic nitrogens is 1. The van der Waals surface area contributed by atoms with Crippen molar-refractivity contribution in [1.29, 1.82) is 0 Å². The van der Waals surface area contributed by atoms with Gasteiger partial charge in [-0.3, -0.25) is 4.98 Å². The predicted molar refractivity (Wildman–Crippen MR) is 91.0 cm³/mol. The standard InChI is InChI=1S/C18H23ClN2/c1-12-11-18(2,3)9-8-15(12)21-16-7-6-14(19)17-13(16)5-4-10-20-17/h4-7,10,12,15,21H,8-9,11H2,1-3H3. The van der Waals surface area contributed by atoms with Gasteiger partial charge in [0.2, 0.25) is 0 Å². The van der Waals surface area contributed by atoms with Crippen molar-refractivity contribution in [1.82, 2.24) is 4.98 Å². The zero-order valence-corrected chi connectivity index (χ0v) is 13.7. The lowest BCUT2D eigenvalue weighted by Crippen LogP contribution is -2.36. The maximum absolute atomic E-state index is 6.25. The first-order valence-corrected chi connectivity index (χ1v) is 8.14. The Bertz CT molecular complexity index is 651. The minimum Gasteiger partial charge on any atom is -0.381 e. The largest absolute Gasteiger partial charge is 0.381 e. The summed E-state index contributed by atoms with van der Waals surface area (Å²) in [7, 11) is 0. The Kier molecular flexibility index (Phi) is 3.83. The Morgan fingerprint density at radius 3 is 2.86 bits per heavy atom. The van der Waals surface area contributed by atoms with Gasteiger partial charge in [0, 0.05) is 23.3 Å². The Morgan fingerprint density at radius 2 is 2.10 bits per heavy atom. The molecule has 1 aromatic heterocycles. The average molecular weight is 303 g/mol. The van der Waals surface area contributed by atoms with Crippen LogP contribution in [0, 0.1) is 11.3 Å². The van der Waals surface area contributed by atoms with Crippen LogP contribution in [-0.2, 0) is 0 Å². The molecule has 0 amide bonds. The molecule has 2 unspecified atom stereocenters. The molecule has 1 saturated carbocycles. The molecule has 1 aliphatic rings. The number of hydrogen-bond donors (Lipinski definition) is 1. The normalized spacial score (nSPS) is 25.0. The van der Waals surface area contributed by atoms with E-state index in [0.29, 0.717) is 22.4 Å². The summed E-state index contributed by atoms with van der Waals surface area (Å²) in [5, 5.41) is 5.57. The van der Waals surface area contributed by atoms with Crippen LogP contribution in [0.3, 0.4) is 0 Å². The number of fused-ring (bicyclic) bond motifs is 1. The van der Waals surface area contributed by atoms with Crippen LogP contribution in [0.25, 0.3) is 10.9 Å². The Labute approximate surface area is 131 Å². The van der Waals surface area contributed by atoms with Gasteiger partial charge in [-0.1, -0.05) is 32.4 Å². The van der Waals surface area contributed by atoms with Gasteiger partial charge in [0.05, 0.1) is 10.5 Å². The van der Waals surface area contributed by atoms with Crippen molar-refractivity contribution in [3.63, 3.8) is 0 Å². The van der Waals surface area contributed by atoms with E-state index in [1.54, 1.807) is 6.20 Å². The molecule has 3 heteroatoms. The zero-order chi connectivity index (χ0) is 15.0. The highest BCUT2D eigenvalue weighted by molar-refractivity contribution is 6.35. The van der Waals surface area contributed by atoms with Gasteiger partial charge in [0.15, 0.2) is 0 Å². The summed E-state index contributed by atoms with van der Waals surface area (Å²) in [6.07, 6.45) is 5.56. The molecule has 1 heterocycles. The molecule has 2 atom stereocenters. The van der Waals surface area contributed by atoms with Gasteiger partial charge in [0.1, 0.15) is 0 Å².